The van der Waals surface area contributed by atoms with E-state index in [1.54, 1.807) is 7.11 Å². The van der Waals surface area contributed by atoms with Crippen LogP contribution in [0.2, 0.25) is 0 Å². The first-order valence-corrected chi connectivity index (χ1v) is 5.32. The fraction of sp³-hybridized carbons (Fsp3) is 0.500. The van der Waals surface area contributed by atoms with E-state index in [9.17, 15) is 0 Å². The van der Waals surface area contributed by atoms with Gasteiger partial charge < -0.3 is 15.2 Å². The van der Waals surface area contributed by atoms with Crippen LogP contribution in [0.15, 0.2) is 24.3 Å². The Kier molecular flexibility index (Phi) is 3.23. The lowest BCUT2D eigenvalue weighted by atomic mass is 10.0. The number of methoxy groups -OCH3 is 1. The number of ether oxygens (including phenoxy) is 2. The lowest BCUT2D eigenvalue weighted by Crippen LogP contribution is -2.25. The highest BCUT2D eigenvalue weighted by Crippen LogP contribution is 2.26. The molecule has 0 spiro atoms. The maximum Gasteiger partial charge on any atom is 0.119 e. The summed E-state index contributed by atoms with van der Waals surface area (Å²) in [5.74, 6) is 0.848. The molecular weight excluding hydrogens is 190 g/mol. The Morgan fingerprint density at radius 3 is 3.07 bits per heavy atom. The lowest BCUT2D eigenvalue weighted by molar-refractivity contribution is 0.0900. The molecule has 1 aromatic carbocycles. The van der Waals surface area contributed by atoms with Gasteiger partial charge in [0.2, 0.25) is 0 Å². The zero-order valence-corrected chi connectivity index (χ0v) is 8.98. The quantitative estimate of drug-likeness (QED) is 0.823. The summed E-state index contributed by atoms with van der Waals surface area (Å²) < 4.78 is 10.7. The van der Waals surface area contributed by atoms with Crippen molar-refractivity contribution >= 4 is 0 Å². The van der Waals surface area contributed by atoms with Crippen molar-refractivity contribution in [3.05, 3.63) is 29.8 Å². The largest absolute Gasteiger partial charge is 0.497 e. The molecule has 0 aromatic heterocycles. The molecule has 0 aliphatic carbocycles. The van der Waals surface area contributed by atoms with Crippen molar-refractivity contribution in [1.29, 1.82) is 0 Å². The minimum atomic E-state index is -0.0393. The predicted octanol–water partition coefficient (Wildman–Crippen LogP) is 1.87. The van der Waals surface area contributed by atoms with Crippen LogP contribution in [-0.2, 0) is 4.74 Å². The van der Waals surface area contributed by atoms with Gasteiger partial charge in [0.1, 0.15) is 5.75 Å². The second-order valence-corrected chi connectivity index (χ2v) is 3.85. The van der Waals surface area contributed by atoms with Gasteiger partial charge in [-0.1, -0.05) is 12.1 Å². The fourth-order valence-electron chi connectivity index (χ4n) is 1.95. The van der Waals surface area contributed by atoms with E-state index in [1.807, 2.05) is 24.3 Å². The van der Waals surface area contributed by atoms with E-state index in [0.717, 1.165) is 30.8 Å². The molecule has 2 N–H and O–H groups in total. The first kappa shape index (κ1) is 10.5. The Labute approximate surface area is 90.2 Å². The van der Waals surface area contributed by atoms with Crippen LogP contribution < -0.4 is 10.5 Å². The predicted molar refractivity (Wildman–Crippen MR) is 58.9 cm³/mol. The molecule has 1 aliphatic rings. The van der Waals surface area contributed by atoms with Crippen LogP contribution >= 0.6 is 0 Å². The van der Waals surface area contributed by atoms with E-state index >= 15 is 0 Å². The average Bonchev–Trinajstić information content (AvgIpc) is 2.81. The topological polar surface area (TPSA) is 44.5 Å². The summed E-state index contributed by atoms with van der Waals surface area (Å²) in [7, 11) is 1.66. The second kappa shape index (κ2) is 4.64. The highest BCUT2D eigenvalue weighted by atomic mass is 16.5. The highest BCUT2D eigenvalue weighted by Gasteiger charge is 2.24. The molecule has 0 saturated carbocycles. The third-order valence-electron chi connectivity index (χ3n) is 2.84. The molecule has 82 valence electrons. The van der Waals surface area contributed by atoms with E-state index in [1.165, 1.54) is 0 Å². The van der Waals surface area contributed by atoms with Crippen LogP contribution in [0.4, 0.5) is 0 Å². The molecule has 2 unspecified atom stereocenters. The van der Waals surface area contributed by atoms with Gasteiger partial charge in [-0.25, -0.2) is 0 Å². The van der Waals surface area contributed by atoms with Gasteiger partial charge in [-0.15, -0.1) is 0 Å². The van der Waals surface area contributed by atoms with E-state index < -0.39 is 0 Å². The number of rotatable bonds is 3. The summed E-state index contributed by atoms with van der Waals surface area (Å²) in [4.78, 5) is 0. The molecule has 2 rings (SSSR count). The standard InChI is InChI=1S/C12H17NO2/c1-14-10-5-2-4-9(8-10)12(13)11-6-3-7-15-11/h2,4-5,8,11-12H,3,6-7,13H2,1H3. The molecule has 3 heteroatoms. The van der Waals surface area contributed by atoms with Crippen LogP contribution in [-0.4, -0.2) is 19.8 Å². The van der Waals surface area contributed by atoms with Crippen molar-refractivity contribution in [3.63, 3.8) is 0 Å². The summed E-state index contributed by atoms with van der Waals surface area (Å²) in [6, 6.07) is 7.85. The van der Waals surface area contributed by atoms with Crippen LogP contribution in [0.5, 0.6) is 5.75 Å². The monoisotopic (exact) mass is 207 g/mol. The van der Waals surface area contributed by atoms with E-state index in [0.29, 0.717) is 0 Å². The first-order chi connectivity index (χ1) is 7.31. The van der Waals surface area contributed by atoms with Crippen molar-refractivity contribution in [3.8, 4) is 5.75 Å². The second-order valence-electron chi connectivity index (χ2n) is 3.85. The SMILES string of the molecule is COc1cccc(C(N)C2CCCO2)c1. The normalized spacial score (nSPS) is 22.7. The van der Waals surface area contributed by atoms with E-state index in [4.69, 9.17) is 15.2 Å². The Hall–Kier alpha value is -1.06. The third-order valence-corrected chi connectivity index (χ3v) is 2.84. The highest BCUT2D eigenvalue weighted by molar-refractivity contribution is 5.31. The summed E-state index contributed by atoms with van der Waals surface area (Å²) in [5, 5.41) is 0. The van der Waals surface area contributed by atoms with Crippen molar-refractivity contribution < 1.29 is 9.47 Å². The van der Waals surface area contributed by atoms with Crippen molar-refractivity contribution in [1.82, 2.24) is 0 Å². The fourth-order valence-corrected chi connectivity index (χ4v) is 1.95. The maximum absolute atomic E-state index is 6.14. The summed E-state index contributed by atoms with van der Waals surface area (Å²) in [6.07, 6.45) is 2.33. The van der Waals surface area contributed by atoms with E-state index in [2.05, 4.69) is 0 Å². The molecule has 15 heavy (non-hydrogen) atoms. The molecule has 0 bridgehead atoms. The zero-order valence-electron chi connectivity index (χ0n) is 8.98. The Morgan fingerprint density at radius 1 is 1.53 bits per heavy atom. The van der Waals surface area contributed by atoms with Gasteiger partial charge in [0.15, 0.2) is 0 Å². The van der Waals surface area contributed by atoms with Gasteiger partial charge in [-0.2, -0.15) is 0 Å². The van der Waals surface area contributed by atoms with Crippen molar-refractivity contribution in [2.45, 2.75) is 25.0 Å². The molecular formula is C12H17NO2. The van der Waals surface area contributed by atoms with Gasteiger partial charge in [0.05, 0.1) is 19.3 Å². The first-order valence-electron chi connectivity index (χ1n) is 5.32. The molecule has 1 aliphatic heterocycles. The van der Waals surface area contributed by atoms with Gasteiger partial charge in [-0.05, 0) is 30.5 Å². The maximum atomic E-state index is 6.14. The van der Waals surface area contributed by atoms with Gasteiger partial charge >= 0.3 is 0 Å². The molecule has 3 nitrogen and oxygen atoms in total. The number of benzene rings is 1. The van der Waals surface area contributed by atoms with Gasteiger partial charge in [-0.3, -0.25) is 0 Å². The lowest BCUT2D eigenvalue weighted by Gasteiger charge is -2.19. The molecule has 0 amide bonds. The van der Waals surface area contributed by atoms with E-state index in [-0.39, 0.29) is 12.1 Å². The minimum Gasteiger partial charge on any atom is -0.497 e. The van der Waals surface area contributed by atoms with Gasteiger partial charge in [0.25, 0.3) is 0 Å². The Balaban J connectivity index is 2.13. The van der Waals surface area contributed by atoms with Crippen LogP contribution in [0.25, 0.3) is 0 Å². The van der Waals surface area contributed by atoms with Gasteiger partial charge in [0, 0.05) is 6.61 Å². The molecule has 0 radical (unpaired) electrons. The molecule has 1 heterocycles. The average molecular weight is 207 g/mol. The van der Waals surface area contributed by atoms with Crippen molar-refractivity contribution in [2.75, 3.05) is 13.7 Å². The minimum absolute atomic E-state index is 0.0393. The summed E-state index contributed by atoms with van der Waals surface area (Å²) >= 11 is 0. The van der Waals surface area contributed by atoms with Crippen LogP contribution in [0.1, 0.15) is 24.4 Å². The number of hydrogen-bond acceptors (Lipinski definition) is 3. The smallest absolute Gasteiger partial charge is 0.119 e. The van der Waals surface area contributed by atoms with Crippen molar-refractivity contribution in [2.24, 2.45) is 5.73 Å². The number of nitrogens with two attached hydrogens (primary N) is 1. The Morgan fingerprint density at radius 2 is 2.40 bits per heavy atom. The van der Waals surface area contributed by atoms with Crippen LogP contribution in [0.3, 0.4) is 0 Å². The number of hydrogen-bond donors (Lipinski definition) is 1. The zero-order chi connectivity index (χ0) is 10.7. The third kappa shape index (κ3) is 2.30. The summed E-state index contributed by atoms with van der Waals surface area (Å²) in [5.41, 5.74) is 7.23. The summed E-state index contributed by atoms with van der Waals surface area (Å²) in [6.45, 7) is 0.836. The Bertz CT molecular complexity index is 321. The molecule has 2 atom stereocenters. The van der Waals surface area contributed by atoms with Crippen LogP contribution in [0, 0.1) is 0 Å². The molecule has 1 aromatic rings. The molecule has 1 fully saturated rings. The molecule has 1 saturated heterocycles.